The summed E-state index contributed by atoms with van der Waals surface area (Å²) in [5.41, 5.74) is -0.309. The third-order valence-corrected chi connectivity index (χ3v) is 3.66. The van der Waals surface area contributed by atoms with Gasteiger partial charge >= 0.3 is 17.7 Å². The van der Waals surface area contributed by atoms with Crippen LogP contribution in [-0.2, 0) is 16.1 Å². The summed E-state index contributed by atoms with van der Waals surface area (Å²) >= 11 is 3.12. The Hall–Kier alpha value is -2.59. The van der Waals surface area contributed by atoms with Crippen LogP contribution in [-0.4, -0.2) is 40.0 Å². The van der Waals surface area contributed by atoms with Gasteiger partial charge in [0.15, 0.2) is 6.04 Å². The van der Waals surface area contributed by atoms with Gasteiger partial charge in [-0.25, -0.2) is 14.4 Å². The van der Waals surface area contributed by atoms with Crippen LogP contribution in [0.25, 0.3) is 11.0 Å². The lowest BCUT2D eigenvalue weighted by molar-refractivity contribution is -0.140. The molecule has 2 aromatic rings. The molecule has 0 fully saturated rings. The van der Waals surface area contributed by atoms with E-state index in [1.807, 2.05) is 5.32 Å². The molecule has 1 aromatic carbocycles. The van der Waals surface area contributed by atoms with Gasteiger partial charge in [-0.05, 0) is 22.0 Å². The summed E-state index contributed by atoms with van der Waals surface area (Å²) in [5, 5.41) is 29.6. The average Bonchev–Trinajstić information content (AvgIpc) is 2.51. The molecule has 1 heterocycles. The quantitative estimate of drug-likeness (QED) is 0.541. The fraction of sp³-hybridized carbons (Fsp3) is 0.214. The molecule has 128 valence electrons. The van der Waals surface area contributed by atoms with Gasteiger partial charge in [0.25, 0.3) is 0 Å². The Labute approximate surface area is 142 Å². The number of aliphatic carboxylic acids is 1. The monoisotopic (exact) mass is 401 g/mol. The highest BCUT2D eigenvalue weighted by Gasteiger charge is 2.20. The average molecular weight is 402 g/mol. The number of hydrogen-bond donors (Lipinski definition) is 4. The van der Waals surface area contributed by atoms with Gasteiger partial charge in [-0.3, -0.25) is 0 Å². The Morgan fingerprint density at radius 2 is 2.04 bits per heavy atom. The minimum Gasteiger partial charge on any atom is -0.507 e. The maximum Gasteiger partial charge on any atom is 0.408 e. The molecule has 0 saturated carbocycles. The largest absolute Gasteiger partial charge is 0.507 e. The number of phenolic OH excluding ortho intramolecular Hbond substituents is 1. The summed E-state index contributed by atoms with van der Waals surface area (Å²) in [7, 11) is 0. The first-order chi connectivity index (χ1) is 11.3. The van der Waals surface area contributed by atoms with E-state index in [2.05, 4.69) is 15.9 Å². The number of carbonyl (C=O) groups excluding carboxylic acids is 1. The zero-order chi connectivity index (χ0) is 17.9. The van der Waals surface area contributed by atoms with Crippen molar-refractivity contribution in [1.82, 2.24) is 5.32 Å². The lowest BCUT2D eigenvalue weighted by atomic mass is 10.1. The number of aliphatic hydroxyl groups excluding tert-OH is 1. The molecule has 0 aliphatic rings. The predicted molar refractivity (Wildman–Crippen MR) is 83.7 cm³/mol. The smallest absolute Gasteiger partial charge is 0.408 e. The third kappa shape index (κ3) is 4.03. The first-order valence-electron chi connectivity index (χ1n) is 6.54. The normalized spacial score (nSPS) is 11.9. The number of ether oxygens (including phenoxy) is 1. The van der Waals surface area contributed by atoms with Gasteiger partial charge in [0.2, 0.25) is 0 Å². The molecule has 0 aliphatic heterocycles. The number of carboxylic acids is 1. The van der Waals surface area contributed by atoms with E-state index in [0.29, 0.717) is 15.4 Å². The molecule has 1 atom stereocenters. The van der Waals surface area contributed by atoms with Crippen molar-refractivity contribution in [3.05, 3.63) is 38.7 Å². The molecule has 24 heavy (non-hydrogen) atoms. The number of nitrogens with one attached hydrogen (secondary N) is 1. The summed E-state index contributed by atoms with van der Waals surface area (Å²) in [5.74, 6) is -1.55. The molecule has 2 rings (SSSR count). The second-order valence-corrected chi connectivity index (χ2v) is 5.54. The standard InChI is InChI=1S/C14H12BrNO8/c15-8-2-7-6(1-12(19)24-11(7)3-10(8)18)5-23-14(22)16-9(4-17)13(20)21/h1-3,9,17-18H,4-5H2,(H,16,22)(H,20,21)/t9-/m1/s1. The molecule has 0 aliphatic carbocycles. The van der Waals surface area contributed by atoms with E-state index in [4.69, 9.17) is 19.4 Å². The fourth-order valence-electron chi connectivity index (χ4n) is 1.87. The Morgan fingerprint density at radius 3 is 2.67 bits per heavy atom. The van der Waals surface area contributed by atoms with Gasteiger partial charge in [-0.15, -0.1) is 0 Å². The molecule has 1 aromatic heterocycles. The molecule has 0 unspecified atom stereocenters. The van der Waals surface area contributed by atoms with Gasteiger partial charge in [0, 0.05) is 23.1 Å². The molecular formula is C14H12BrNO8. The second kappa shape index (κ2) is 7.32. The van der Waals surface area contributed by atoms with Crippen molar-refractivity contribution in [3.8, 4) is 5.75 Å². The maximum atomic E-state index is 11.6. The minimum absolute atomic E-state index is 0.0981. The van der Waals surface area contributed by atoms with E-state index in [0.717, 1.165) is 6.07 Å². The Kier molecular flexibility index (Phi) is 5.42. The van der Waals surface area contributed by atoms with Crippen LogP contribution in [0.3, 0.4) is 0 Å². The van der Waals surface area contributed by atoms with E-state index >= 15 is 0 Å². The molecule has 4 N–H and O–H groups in total. The predicted octanol–water partition coefficient (Wildman–Crippen LogP) is 0.933. The topological polar surface area (TPSA) is 146 Å². The molecule has 0 saturated heterocycles. The van der Waals surface area contributed by atoms with Gasteiger partial charge < -0.3 is 29.8 Å². The molecule has 0 bridgehead atoms. The zero-order valence-electron chi connectivity index (χ0n) is 12.0. The summed E-state index contributed by atoms with van der Waals surface area (Å²) in [6.07, 6.45) is -1.07. The Balaban J connectivity index is 2.21. The van der Waals surface area contributed by atoms with Crippen LogP contribution in [0.2, 0.25) is 0 Å². The lowest BCUT2D eigenvalue weighted by Gasteiger charge is -2.12. The van der Waals surface area contributed by atoms with Gasteiger partial charge in [-0.1, -0.05) is 0 Å². The van der Waals surface area contributed by atoms with Crippen molar-refractivity contribution in [2.75, 3.05) is 6.61 Å². The summed E-state index contributed by atoms with van der Waals surface area (Å²) in [6.45, 7) is -1.14. The number of carbonyl (C=O) groups is 2. The second-order valence-electron chi connectivity index (χ2n) is 4.68. The molecular weight excluding hydrogens is 390 g/mol. The number of hydrogen-bond acceptors (Lipinski definition) is 7. The number of benzene rings is 1. The SMILES string of the molecule is O=C(N[C@H](CO)C(=O)O)OCc1cc(=O)oc2cc(O)c(Br)cc12. The Bertz CT molecular complexity index is 847. The number of rotatable bonds is 5. The van der Waals surface area contributed by atoms with Crippen LogP contribution in [0.1, 0.15) is 5.56 Å². The number of aliphatic hydroxyl groups is 1. The van der Waals surface area contributed by atoms with E-state index < -0.39 is 30.3 Å². The number of alkyl carbamates (subject to hydrolysis) is 1. The minimum atomic E-state index is -1.50. The molecule has 1 amide bonds. The van der Waals surface area contributed by atoms with E-state index in [-0.39, 0.29) is 17.9 Å². The molecule has 0 radical (unpaired) electrons. The Morgan fingerprint density at radius 1 is 1.33 bits per heavy atom. The summed E-state index contributed by atoms with van der Waals surface area (Å²) in [6, 6.07) is 2.33. The van der Waals surface area contributed by atoms with E-state index in [9.17, 15) is 19.5 Å². The number of halogens is 1. The van der Waals surface area contributed by atoms with Crippen LogP contribution in [0.15, 0.2) is 31.9 Å². The lowest BCUT2D eigenvalue weighted by Crippen LogP contribution is -2.43. The highest BCUT2D eigenvalue weighted by molar-refractivity contribution is 9.10. The van der Waals surface area contributed by atoms with Crippen LogP contribution >= 0.6 is 15.9 Å². The number of amides is 1. The van der Waals surface area contributed by atoms with E-state index in [1.54, 1.807) is 0 Å². The van der Waals surface area contributed by atoms with E-state index in [1.165, 1.54) is 12.1 Å². The molecule has 0 spiro atoms. The molecule has 10 heteroatoms. The first-order valence-corrected chi connectivity index (χ1v) is 7.33. The van der Waals surface area contributed by atoms with Crippen molar-refractivity contribution >= 4 is 39.0 Å². The number of carboxylic acid groups (broad SMARTS) is 1. The third-order valence-electron chi connectivity index (χ3n) is 3.03. The summed E-state index contributed by atoms with van der Waals surface area (Å²) < 4.78 is 10.2. The van der Waals surface area contributed by atoms with Crippen molar-refractivity contribution in [2.24, 2.45) is 0 Å². The van der Waals surface area contributed by atoms with Crippen molar-refractivity contribution in [3.63, 3.8) is 0 Å². The van der Waals surface area contributed by atoms with Gasteiger partial charge in [-0.2, -0.15) is 0 Å². The number of phenols is 1. The maximum absolute atomic E-state index is 11.6. The van der Waals surface area contributed by atoms with Crippen molar-refractivity contribution in [1.29, 1.82) is 0 Å². The highest BCUT2D eigenvalue weighted by atomic mass is 79.9. The number of aromatic hydroxyl groups is 1. The van der Waals surface area contributed by atoms with Crippen molar-refractivity contribution < 1.29 is 34.1 Å². The zero-order valence-corrected chi connectivity index (χ0v) is 13.6. The van der Waals surface area contributed by atoms with Crippen LogP contribution in [0.5, 0.6) is 5.75 Å². The fourth-order valence-corrected chi connectivity index (χ4v) is 2.21. The summed E-state index contributed by atoms with van der Waals surface area (Å²) in [4.78, 5) is 33.8. The highest BCUT2D eigenvalue weighted by Crippen LogP contribution is 2.30. The number of fused-ring (bicyclic) bond motifs is 1. The van der Waals surface area contributed by atoms with Crippen LogP contribution in [0, 0.1) is 0 Å². The van der Waals surface area contributed by atoms with Crippen LogP contribution < -0.4 is 10.9 Å². The van der Waals surface area contributed by atoms with Crippen LogP contribution in [0.4, 0.5) is 4.79 Å². The van der Waals surface area contributed by atoms with Gasteiger partial charge in [0.1, 0.15) is 17.9 Å². The van der Waals surface area contributed by atoms with Crippen molar-refractivity contribution in [2.45, 2.75) is 12.6 Å². The molecule has 9 nitrogen and oxygen atoms in total. The first kappa shape index (κ1) is 17.8. The van der Waals surface area contributed by atoms with Gasteiger partial charge in [0.05, 0.1) is 11.1 Å².